The molecule has 0 aliphatic carbocycles. The fourth-order valence-corrected chi connectivity index (χ4v) is 1.34. The molecule has 16 heavy (non-hydrogen) atoms. The Hall–Kier alpha value is -1.22. The van der Waals surface area contributed by atoms with Gasteiger partial charge in [0.05, 0.1) is 7.11 Å². The Kier molecular flexibility index (Phi) is 4.62. The van der Waals surface area contributed by atoms with Crippen LogP contribution in [-0.4, -0.2) is 19.3 Å². The maximum absolute atomic E-state index is 5.77. The molecule has 3 heteroatoms. The minimum Gasteiger partial charge on any atom is -0.493 e. The molecule has 0 heterocycles. The summed E-state index contributed by atoms with van der Waals surface area (Å²) in [6.07, 6.45) is 0.959. The molecule has 0 aromatic heterocycles. The smallest absolute Gasteiger partial charge is 0.161 e. The van der Waals surface area contributed by atoms with E-state index in [2.05, 4.69) is 6.92 Å². The van der Waals surface area contributed by atoms with Crippen molar-refractivity contribution < 1.29 is 9.47 Å². The van der Waals surface area contributed by atoms with Crippen molar-refractivity contribution in [1.82, 2.24) is 0 Å². The van der Waals surface area contributed by atoms with E-state index in [-0.39, 0.29) is 12.1 Å². The number of benzene rings is 1. The third-order valence-electron chi connectivity index (χ3n) is 2.69. The van der Waals surface area contributed by atoms with Crippen LogP contribution in [0.5, 0.6) is 11.5 Å². The minimum atomic E-state index is -0.0265. The van der Waals surface area contributed by atoms with E-state index in [0.717, 1.165) is 17.9 Å². The normalized spacial score (nSPS) is 14.3. The Bertz CT molecular complexity index is 337. The molecule has 2 unspecified atom stereocenters. The predicted octanol–water partition coefficient (Wildman–Crippen LogP) is 2.37. The van der Waals surface area contributed by atoms with Gasteiger partial charge in [0.1, 0.15) is 6.10 Å². The zero-order chi connectivity index (χ0) is 12.1. The van der Waals surface area contributed by atoms with E-state index in [4.69, 9.17) is 15.2 Å². The molecule has 0 amide bonds. The van der Waals surface area contributed by atoms with E-state index in [1.54, 1.807) is 7.11 Å². The van der Waals surface area contributed by atoms with Gasteiger partial charge in [-0.3, -0.25) is 0 Å². The molecule has 0 aliphatic heterocycles. The van der Waals surface area contributed by atoms with Crippen LogP contribution in [0.15, 0.2) is 18.2 Å². The van der Waals surface area contributed by atoms with Gasteiger partial charge in [-0.1, -0.05) is 13.0 Å². The molecular weight excluding hydrogens is 202 g/mol. The summed E-state index contributed by atoms with van der Waals surface area (Å²) in [6, 6.07) is 5.99. The van der Waals surface area contributed by atoms with Crippen LogP contribution >= 0.6 is 0 Å². The molecule has 0 spiro atoms. The van der Waals surface area contributed by atoms with Crippen molar-refractivity contribution in [2.75, 3.05) is 7.11 Å². The quantitative estimate of drug-likeness (QED) is 0.833. The number of hydrogen-bond acceptors (Lipinski definition) is 3. The summed E-state index contributed by atoms with van der Waals surface area (Å²) in [7, 11) is 1.65. The number of ether oxygens (including phenoxy) is 2. The molecule has 1 aromatic rings. The van der Waals surface area contributed by atoms with E-state index < -0.39 is 0 Å². The van der Waals surface area contributed by atoms with Crippen molar-refractivity contribution in [1.29, 1.82) is 0 Å². The predicted molar refractivity (Wildman–Crippen MR) is 66.1 cm³/mol. The zero-order valence-corrected chi connectivity index (χ0v) is 10.5. The fourth-order valence-electron chi connectivity index (χ4n) is 1.34. The Morgan fingerprint density at radius 3 is 2.44 bits per heavy atom. The summed E-state index contributed by atoms with van der Waals surface area (Å²) < 4.78 is 11.0. The highest BCUT2D eigenvalue weighted by atomic mass is 16.5. The molecule has 0 radical (unpaired) electrons. The third-order valence-corrected chi connectivity index (χ3v) is 2.69. The SMILES string of the molecule is CCc1ccc(OC(C)C(C)N)c(OC)c1. The molecule has 2 N–H and O–H groups in total. The van der Waals surface area contributed by atoms with Gasteiger partial charge in [0, 0.05) is 6.04 Å². The number of hydrogen-bond donors (Lipinski definition) is 1. The van der Waals surface area contributed by atoms with E-state index in [9.17, 15) is 0 Å². The van der Waals surface area contributed by atoms with E-state index in [1.807, 2.05) is 32.0 Å². The Labute approximate surface area is 97.6 Å². The average Bonchev–Trinajstić information content (AvgIpc) is 2.29. The topological polar surface area (TPSA) is 44.5 Å². The van der Waals surface area contributed by atoms with Crippen LogP contribution in [0.1, 0.15) is 26.3 Å². The lowest BCUT2D eigenvalue weighted by molar-refractivity contribution is 0.188. The lowest BCUT2D eigenvalue weighted by Gasteiger charge is -2.20. The Balaban J connectivity index is 2.87. The Morgan fingerprint density at radius 2 is 1.94 bits per heavy atom. The molecule has 0 aliphatic rings. The van der Waals surface area contributed by atoms with Gasteiger partial charge in [-0.15, -0.1) is 0 Å². The summed E-state index contributed by atoms with van der Waals surface area (Å²) >= 11 is 0. The lowest BCUT2D eigenvalue weighted by atomic mass is 10.1. The van der Waals surface area contributed by atoms with Crippen LogP contribution in [-0.2, 0) is 6.42 Å². The number of methoxy groups -OCH3 is 1. The maximum Gasteiger partial charge on any atom is 0.161 e. The molecule has 0 fully saturated rings. The van der Waals surface area contributed by atoms with E-state index in [0.29, 0.717) is 0 Å². The number of aryl methyl sites for hydroxylation is 1. The first kappa shape index (κ1) is 12.8. The first-order chi connectivity index (χ1) is 7.58. The van der Waals surface area contributed by atoms with Crippen LogP contribution in [0.4, 0.5) is 0 Å². The standard InChI is InChI=1S/C13H21NO2/c1-5-11-6-7-12(13(8-11)15-4)16-10(3)9(2)14/h6-10H,5,14H2,1-4H3. The average molecular weight is 223 g/mol. The highest BCUT2D eigenvalue weighted by molar-refractivity contribution is 5.43. The monoisotopic (exact) mass is 223 g/mol. The minimum absolute atomic E-state index is 0.00411. The van der Waals surface area contributed by atoms with Gasteiger partial charge < -0.3 is 15.2 Å². The van der Waals surface area contributed by atoms with Gasteiger partial charge >= 0.3 is 0 Å². The van der Waals surface area contributed by atoms with Crippen LogP contribution in [0.25, 0.3) is 0 Å². The second-order valence-electron chi connectivity index (χ2n) is 4.02. The first-order valence-corrected chi connectivity index (χ1v) is 5.67. The van der Waals surface area contributed by atoms with Gasteiger partial charge in [-0.2, -0.15) is 0 Å². The fraction of sp³-hybridized carbons (Fsp3) is 0.538. The molecule has 1 rings (SSSR count). The molecule has 3 nitrogen and oxygen atoms in total. The molecule has 0 saturated carbocycles. The van der Waals surface area contributed by atoms with Gasteiger partial charge in [0.25, 0.3) is 0 Å². The van der Waals surface area contributed by atoms with Crippen molar-refractivity contribution >= 4 is 0 Å². The summed E-state index contributed by atoms with van der Waals surface area (Å²) in [5, 5.41) is 0. The van der Waals surface area contributed by atoms with Crippen LogP contribution in [0.3, 0.4) is 0 Å². The summed E-state index contributed by atoms with van der Waals surface area (Å²) in [4.78, 5) is 0. The van der Waals surface area contributed by atoms with Crippen molar-refractivity contribution in [2.24, 2.45) is 5.73 Å². The lowest BCUT2D eigenvalue weighted by Crippen LogP contribution is -2.33. The second kappa shape index (κ2) is 5.75. The maximum atomic E-state index is 5.77. The van der Waals surface area contributed by atoms with Gasteiger partial charge in [0.15, 0.2) is 11.5 Å². The second-order valence-corrected chi connectivity index (χ2v) is 4.02. The van der Waals surface area contributed by atoms with E-state index >= 15 is 0 Å². The molecule has 0 bridgehead atoms. The largest absolute Gasteiger partial charge is 0.493 e. The van der Waals surface area contributed by atoms with Crippen LogP contribution in [0.2, 0.25) is 0 Å². The Morgan fingerprint density at radius 1 is 1.25 bits per heavy atom. The van der Waals surface area contributed by atoms with Gasteiger partial charge in [-0.05, 0) is 38.0 Å². The zero-order valence-electron chi connectivity index (χ0n) is 10.5. The number of rotatable bonds is 5. The molecule has 90 valence electrons. The van der Waals surface area contributed by atoms with Gasteiger partial charge in [0.2, 0.25) is 0 Å². The summed E-state index contributed by atoms with van der Waals surface area (Å²) in [5.41, 5.74) is 7.00. The third kappa shape index (κ3) is 3.14. The molecule has 0 saturated heterocycles. The number of nitrogens with two attached hydrogens (primary N) is 1. The van der Waals surface area contributed by atoms with Crippen LogP contribution in [0, 0.1) is 0 Å². The molecular formula is C13H21NO2. The molecule has 1 aromatic carbocycles. The first-order valence-electron chi connectivity index (χ1n) is 5.67. The molecule has 2 atom stereocenters. The highest BCUT2D eigenvalue weighted by Crippen LogP contribution is 2.29. The van der Waals surface area contributed by atoms with Crippen LogP contribution < -0.4 is 15.2 Å². The van der Waals surface area contributed by atoms with Gasteiger partial charge in [-0.25, -0.2) is 0 Å². The summed E-state index contributed by atoms with van der Waals surface area (Å²) in [6.45, 7) is 6.00. The highest BCUT2D eigenvalue weighted by Gasteiger charge is 2.12. The van der Waals surface area contributed by atoms with Crippen molar-refractivity contribution in [3.63, 3.8) is 0 Å². The van der Waals surface area contributed by atoms with Crippen molar-refractivity contribution in [2.45, 2.75) is 39.3 Å². The van der Waals surface area contributed by atoms with Crippen molar-refractivity contribution in [3.05, 3.63) is 23.8 Å². The van der Waals surface area contributed by atoms with E-state index in [1.165, 1.54) is 5.56 Å². The van der Waals surface area contributed by atoms with Crippen molar-refractivity contribution in [3.8, 4) is 11.5 Å². The summed E-state index contributed by atoms with van der Waals surface area (Å²) in [5.74, 6) is 1.52.